The van der Waals surface area contributed by atoms with E-state index in [2.05, 4.69) is 10.6 Å². The molecule has 4 bridgehead atoms. The summed E-state index contributed by atoms with van der Waals surface area (Å²) >= 11 is 5.37. The molecule has 4 fully saturated rings. The van der Waals surface area contributed by atoms with Gasteiger partial charge in [0, 0.05) is 6.42 Å². The number of benzene rings is 1. The van der Waals surface area contributed by atoms with Crippen LogP contribution in [-0.4, -0.2) is 17.6 Å². The van der Waals surface area contributed by atoms with Crippen LogP contribution in [0.15, 0.2) is 24.3 Å². The van der Waals surface area contributed by atoms with Gasteiger partial charge in [-0.2, -0.15) is 0 Å². The smallest absolute Gasteiger partial charge is 0.226 e. The highest BCUT2D eigenvalue weighted by Gasteiger charge is 2.51. The first-order chi connectivity index (χ1) is 12.5. The van der Waals surface area contributed by atoms with Crippen molar-refractivity contribution in [2.24, 2.45) is 23.2 Å². The average molecular weight is 373 g/mol. The quantitative estimate of drug-likeness (QED) is 0.747. The van der Waals surface area contributed by atoms with Crippen molar-refractivity contribution in [1.82, 2.24) is 5.32 Å². The second kappa shape index (κ2) is 7.18. The molecule has 0 spiro atoms. The van der Waals surface area contributed by atoms with E-state index in [1.807, 2.05) is 31.2 Å². The van der Waals surface area contributed by atoms with E-state index in [1.54, 1.807) is 0 Å². The molecule has 140 valence electrons. The van der Waals surface area contributed by atoms with E-state index in [0.717, 1.165) is 29.2 Å². The summed E-state index contributed by atoms with van der Waals surface area (Å²) in [5, 5.41) is 6.36. The lowest BCUT2D eigenvalue weighted by Crippen LogP contribution is -2.48. The Kier molecular flexibility index (Phi) is 4.91. The highest BCUT2D eigenvalue weighted by molar-refractivity contribution is 7.80. The Morgan fingerprint density at radius 3 is 2.38 bits per heavy atom. The number of amides is 1. The van der Waals surface area contributed by atoms with Gasteiger partial charge in [0.15, 0.2) is 5.11 Å². The molecule has 5 heteroatoms. The molecular formula is C21H28N2O2S. The summed E-state index contributed by atoms with van der Waals surface area (Å²) in [5.74, 6) is 3.37. The number of ether oxygens (including phenoxy) is 1. The van der Waals surface area contributed by atoms with E-state index in [-0.39, 0.29) is 11.3 Å². The number of hydrogen-bond acceptors (Lipinski definition) is 3. The van der Waals surface area contributed by atoms with E-state index in [1.165, 1.54) is 38.5 Å². The predicted octanol–water partition coefficient (Wildman–Crippen LogP) is 4.50. The van der Waals surface area contributed by atoms with Crippen molar-refractivity contribution >= 4 is 28.9 Å². The number of thiocarbonyl (C=S) groups is 1. The van der Waals surface area contributed by atoms with Crippen LogP contribution >= 0.6 is 12.2 Å². The monoisotopic (exact) mass is 372 g/mol. The van der Waals surface area contributed by atoms with Gasteiger partial charge in [-0.15, -0.1) is 0 Å². The first-order valence-electron chi connectivity index (χ1n) is 9.88. The number of para-hydroxylation sites is 2. The minimum atomic E-state index is 0.0540. The van der Waals surface area contributed by atoms with Crippen LogP contribution in [0, 0.1) is 23.2 Å². The summed E-state index contributed by atoms with van der Waals surface area (Å²) < 4.78 is 5.60. The topological polar surface area (TPSA) is 50.4 Å². The average Bonchev–Trinajstić information content (AvgIpc) is 2.54. The standard InChI is InChI=1S/C21H28N2O2S/c1-2-25-18-6-4-3-5-17(18)22-20(26)23-19(24)13-21-10-14-7-15(11-21)9-16(8-14)12-21/h3-6,14-16H,2,7-13H2,1H3,(H2,22,23,24,26). The molecule has 1 aromatic rings. The maximum atomic E-state index is 12.7. The fourth-order valence-corrected chi connectivity index (χ4v) is 6.25. The van der Waals surface area contributed by atoms with Gasteiger partial charge < -0.3 is 15.4 Å². The lowest BCUT2D eigenvalue weighted by atomic mass is 9.49. The molecule has 2 N–H and O–H groups in total. The molecule has 0 aliphatic heterocycles. The highest BCUT2D eigenvalue weighted by Crippen LogP contribution is 2.61. The van der Waals surface area contributed by atoms with Crippen LogP contribution in [-0.2, 0) is 4.79 Å². The molecule has 4 aliphatic carbocycles. The molecular weight excluding hydrogens is 344 g/mol. The lowest BCUT2D eigenvalue weighted by molar-refractivity contribution is -0.127. The molecule has 1 amide bonds. The van der Waals surface area contributed by atoms with E-state index < -0.39 is 0 Å². The van der Waals surface area contributed by atoms with Crippen LogP contribution in [0.5, 0.6) is 5.75 Å². The summed E-state index contributed by atoms with van der Waals surface area (Å²) in [5.41, 5.74) is 1.02. The maximum Gasteiger partial charge on any atom is 0.226 e. The third kappa shape index (κ3) is 3.73. The van der Waals surface area contributed by atoms with Crippen molar-refractivity contribution in [3.63, 3.8) is 0 Å². The summed E-state index contributed by atoms with van der Waals surface area (Å²) in [6, 6.07) is 7.64. The molecule has 1 aromatic carbocycles. The largest absolute Gasteiger partial charge is 0.492 e. The van der Waals surface area contributed by atoms with Crippen molar-refractivity contribution in [3.8, 4) is 5.75 Å². The Morgan fingerprint density at radius 2 is 1.77 bits per heavy atom. The number of nitrogens with one attached hydrogen (secondary N) is 2. The highest BCUT2D eigenvalue weighted by atomic mass is 32.1. The van der Waals surface area contributed by atoms with Crippen LogP contribution in [0.25, 0.3) is 0 Å². The number of carbonyl (C=O) groups excluding carboxylic acids is 1. The van der Waals surface area contributed by atoms with Gasteiger partial charge in [-0.3, -0.25) is 4.79 Å². The van der Waals surface area contributed by atoms with Gasteiger partial charge in [-0.25, -0.2) is 0 Å². The molecule has 4 nitrogen and oxygen atoms in total. The zero-order valence-electron chi connectivity index (χ0n) is 15.4. The summed E-state index contributed by atoms with van der Waals surface area (Å²) in [6.45, 7) is 2.53. The van der Waals surface area contributed by atoms with Gasteiger partial charge >= 0.3 is 0 Å². The third-order valence-corrected chi connectivity index (χ3v) is 6.59. The molecule has 5 rings (SSSR count). The van der Waals surface area contributed by atoms with Crippen LogP contribution < -0.4 is 15.4 Å². The van der Waals surface area contributed by atoms with Crippen molar-refractivity contribution < 1.29 is 9.53 Å². The van der Waals surface area contributed by atoms with Gasteiger partial charge in [0.1, 0.15) is 5.75 Å². The fourth-order valence-electron chi connectivity index (χ4n) is 6.02. The lowest BCUT2D eigenvalue weighted by Gasteiger charge is -2.56. The van der Waals surface area contributed by atoms with E-state index in [9.17, 15) is 4.79 Å². The van der Waals surface area contributed by atoms with Gasteiger partial charge in [0.2, 0.25) is 5.91 Å². The minimum absolute atomic E-state index is 0.0540. The number of carbonyl (C=O) groups is 1. The predicted molar refractivity (Wildman–Crippen MR) is 107 cm³/mol. The zero-order chi connectivity index (χ0) is 18.1. The van der Waals surface area contributed by atoms with Gasteiger partial charge in [-0.1, -0.05) is 12.1 Å². The first kappa shape index (κ1) is 17.8. The summed E-state index contributed by atoms with van der Waals surface area (Å²) in [7, 11) is 0. The Bertz CT molecular complexity index is 668. The molecule has 0 unspecified atom stereocenters. The first-order valence-corrected chi connectivity index (χ1v) is 10.3. The van der Waals surface area contributed by atoms with Crippen LogP contribution in [0.3, 0.4) is 0 Å². The van der Waals surface area contributed by atoms with Gasteiger partial charge in [0.25, 0.3) is 0 Å². The summed E-state index contributed by atoms with van der Waals surface area (Å²) in [6.07, 6.45) is 8.52. The molecule has 0 heterocycles. The van der Waals surface area contributed by atoms with Crippen LogP contribution in [0.1, 0.15) is 51.9 Å². The van der Waals surface area contributed by atoms with Crippen molar-refractivity contribution in [2.45, 2.75) is 51.9 Å². The fraction of sp³-hybridized carbons (Fsp3) is 0.619. The Labute approximate surface area is 161 Å². The van der Waals surface area contributed by atoms with E-state index in [4.69, 9.17) is 17.0 Å². The molecule has 4 saturated carbocycles. The van der Waals surface area contributed by atoms with Crippen molar-refractivity contribution in [2.75, 3.05) is 11.9 Å². The zero-order valence-corrected chi connectivity index (χ0v) is 16.2. The van der Waals surface area contributed by atoms with Crippen LogP contribution in [0.2, 0.25) is 0 Å². The second-order valence-electron chi connectivity index (χ2n) is 8.53. The molecule has 0 atom stereocenters. The van der Waals surface area contributed by atoms with Crippen LogP contribution in [0.4, 0.5) is 5.69 Å². The van der Waals surface area contributed by atoms with Gasteiger partial charge in [0.05, 0.1) is 12.3 Å². The minimum Gasteiger partial charge on any atom is -0.492 e. The molecule has 0 radical (unpaired) electrons. The molecule has 4 aliphatic rings. The van der Waals surface area contributed by atoms with E-state index in [0.29, 0.717) is 18.1 Å². The van der Waals surface area contributed by atoms with Gasteiger partial charge in [-0.05, 0) is 93.0 Å². The number of rotatable bonds is 5. The second-order valence-corrected chi connectivity index (χ2v) is 8.93. The molecule has 0 saturated heterocycles. The SMILES string of the molecule is CCOc1ccccc1NC(=S)NC(=O)CC12CC3CC(CC(C3)C1)C2. The Morgan fingerprint density at radius 1 is 1.15 bits per heavy atom. The molecule has 0 aromatic heterocycles. The summed E-state index contributed by atoms with van der Waals surface area (Å²) in [4.78, 5) is 12.7. The van der Waals surface area contributed by atoms with E-state index >= 15 is 0 Å². The normalized spacial score (nSPS) is 31.5. The maximum absolute atomic E-state index is 12.7. The number of hydrogen-bond donors (Lipinski definition) is 2. The third-order valence-electron chi connectivity index (χ3n) is 6.39. The molecule has 26 heavy (non-hydrogen) atoms. The van der Waals surface area contributed by atoms with Crippen molar-refractivity contribution in [3.05, 3.63) is 24.3 Å². The van der Waals surface area contributed by atoms with Crippen molar-refractivity contribution in [1.29, 1.82) is 0 Å². The number of anilines is 1. The Balaban J connectivity index is 1.34. The Hall–Kier alpha value is -1.62.